The summed E-state index contributed by atoms with van der Waals surface area (Å²) in [5, 5.41) is 0. The number of sulfonamides is 1. The van der Waals surface area contributed by atoms with Crippen LogP contribution in [0.3, 0.4) is 0 Å². The zero-order chi connectivity index (χ0) is 14.6. The average Bonchev–Trinajstić information content (AvgIpc) is 2.46. The molecule has 0 bridgehead atoms. The van der Waals surface area contributed by atoms with Gasteiger partial charge in [0.1, 0.15) is 10.7 Å². The number of hydrogen-bond acceptors (Lipinski definition) is 6. The second-order valence-corrected chi connectivity index (χ2v) is 5.92. The fourth-order valence-electron chi connectivity index (χ4n) is 1.56. The molecular weight excluding hydrogens is 278 g/mol. The highest BCUT2D eigenvalue weighted by atomic mass is 32.2. The summed E-state index contributed by atoms with van der Waals surface area (Å²) < 4.78 is 26.7. The SMILES string of the molecule is Cc1ccncc1CNS(=O)(=O)c1ccc(NN)nc1. The fraction of sp³-hybridized carbons (Fsp3) is 0.167. The summed E-state index contributed by atoms with van der Waals surface area (Å²) >= 11 is 0. The van der Waals surface area contributed by atoms with Crippen LogP contribution in [0.15, 0.2) is 41.7 Å². The van der Waals surface area contributed by atoms with Gasteiger partial charge < -0.3 is 5.43 Å². The normalized spacial score (nSPS) is 11.3. The molecule has 20 heavy (non-hydrogen) atoms. The molecule has 2 aromatic rings. The van der Waals surface area contributed by atoms with Gasteiger partial charge in [-0.25, -0.2) is 24.0 Å². The predicted molar refractivity (Wildman–Crippen MR) is 75.0 cm³/mol. The van der Waals surface area contributed by atoms with Crippen LogP contribution < -0.4 is 16.0 Å². The van der Waals surface area contributed by atoms with E-state index in [9.17, 15) is 8.42 Å². The molecule has 0 aromatic carbocycles. The lowest BCUT2D eigenvalue weighted by Crippen LogP contribution is -2.24. The number of nitrogens with one attached hydrogen (secondary N) is 2. The van der Waals surface area contributed by atoms with Gasteiger partial charge in [-0.05, 0) is 36.2 Å². The summed E-state index contributed by atoms with van der Waals surface area (Å²) in [6.45, 7) is 2.08. The van der Waals surface area contributed by atoms with Crippen molar-refractivity contribution in [3.63, 3.8) is 0 Å². The molecule has 2 heterocycles. The first kappa shape index (κ1) is 14.4. The Morgan fingerprint density at radius 1 is 1.25 bits per heavy atom. The molecule has 0 radical (unpaired) electrons. The molecule has 0 aliphatic carbocycles. The lowest BCUT2D eigenvalue weighted by Gasteiger charge is -2.08. The number of nitrogen functional groups attached to an aromatic ring is 1. The molecule has 2 rings (SSSR count). The number of aromatic nitrogens is 2. The van der Waals surface area contributed by atoms with Crippen LogP contribution in [0.25, 0.3) is 0 Å². The maximum atomic E-state index is 12.1. The van der Waals surface area contributed by atoms with Gasteiger partial charge in [0, 0.05) is 25.1 Å². The van der Waals surface area contributed by atoms with Crippen LogP contribution in [0.5, 0.6) is 0 Å². The number of hydrazine groups is 1. The van der Waals surface area contributed by atoms with Gasteiger partial charge in [-0.2, -0.15) is 0 Å². The van der Waals surface area contributed by atoms with Crippen LogP contribution in [0.4, 0.5) is 5.82 Å². The summed E-state index contributed by atoms with van der Waals surface area (Å²) in [5.41, 5.74) is 4.14. The number of aryl methyl sites for hydroxylation is 1. The lowest BCUT2D eigenvalue weighted by atomic mass is 10.2. The third kappa shape index (κ3) is 3.29. The smallest absolute Gasteiger partial charge is 0.242 e. The maximum absolute atomic E-state index is 12.1. The summed E-state index contributed by atoms with van der Waals surface area (Å²) in [6.07, 6.45) is 4.54. The molecule has 0 amide bonds. The van der Waals surface area contributed by atoms with E-state index in [-0.39, 0.29) is 11.4 Å². The minimum Gasteiger partial charge on any atom is -0.308 e. The number of hydrogen-bond donors (Lipinski definition) is 3. The monoisotopic (exact) mass is 293 g/mol. The van der Waals surface area contributed by atoms with E-state index in [0.29, 0.717) is 5.82 Å². The van der Waals surface area contributed by atoms with E-state index in [1.807, 2.05) is 13.0 Å². The topological polar surface area (TPSA) is 110 Å². The van der Waals surface area contributed by atoms with E-state index < -0.39 is 10.0 Å². The van der Waals surface area contributed by atoms with E-state index in [1.54, 1.807) is 12.4 Å². The molecule has 8 heteroatoms. The highest BCUT2D eigenvalue weighted by Crippen LogP contribution is 2.11. The second kappa shape index (κ2) is 5.95. The largest absolute Gasteiger partial charge is 0.308 e. The Bertz CT molecular complexity index is 685. The van der Waals surface area contributed by atoms with Crippen molar-refractivity contribution in [2.45, 2.75) is 18.4 Å². The van der Waals surface area contributed by atoms with Crippen LogP contribution in [0.1, 0.15) is 11.1 Å². The summed E-state index contributed by atoms with van der Waals surface area (Å²) in [7, 11) is -3.61. The third-order valence-electron chi connectivity index (χ3n) is 2.79. The summed E-state index contributed by atoms with van der Waals surface area (Å²) in [6, 6.07) is 4.75. The minimum absolute atomic E-state index is 0.0815. The van der Waals surface area contributed by atoms with Crippen LogP contribution in [0.2, 0.25) is 0 Å². The van der Waals surface area contributed by atoms with E-state index in [4.69, 9.17) is 5.84 Å². The first-order valence-electron chi connectivity index (χ1n) is 5.85. The Morgan fingerprint density at radius 3 is 2.65 bits per heavy atom. The Kier molecular flexibility index (Phi) is 4.28. The van der Waals surface area contributed by atoms with E-state index in [2.05, 4.69) is 20.1 Å². The molecule has 0 aliphatic heterocycles. The number of anilines is 1. The Balaban J connectivity index is 2.13. The zero-order valence-corrected chi connectivity index (χ0v) is 11.7. The number of nitrogens with zero attached hydrogens (tertiary/aromatic N) is 2. The van der Waals surface area contributed by atoms with Gasteiger partial charge in [-0.1, -0.05) is 0 Å². The highest BCUT2D eigenvalue weighted by Gasteiger charge is 2.14. The van der Waals surface area contributed by atoms with Crippen molar-refractivity contribution in [1.29, 1.82) is 0 Å². The van der Waals surface area contributed by atoms with Crippen molar-refractivity contribution >= 4 is 15.8 Å². The molecule has 0 fully saturated rings. The maximum Gasteiger partial charge on any atom is 0.242 e. The van der Waals surface area contributed by atoms with Gasteiger partial charge >= 0.3 is 0 Å². The van der Waals surface area contributed by atoms with Crippen LogP contribution in [-0.4, -0.2) is 18.4 Å². The predicted octanol–water partition coefficient (Wildman–Crippen LogP) is 0.549. The van der Waals surface area contributed by atoms with Crippen molar-refractivity contribution in [1.82, 2.24) is 14.7 Å². The standard InChI is InChI=1S/C12H15N5O2S/c1-9-4-5-14-6-10(9)7-16-20(18,19)11-2-3-12(17-13)15-8-11/h2-6,8,16H,7,13H2,1H3,(H,15,17). The third-order valence-corrected chi connectivity index (χ3v) is 4.18. The number of pyridine rings is 2. The van der Waals surface area contributed by atoms with Crippen molar-refractivity contribution in [3.05, 3.63) is 47.9 Å². The van der Waals surface area contributed by atoms with E-state index >= 15 is 0 Å². The van der Waals surface area contributed by atoms with E-state index in [0.717, 1.165) is 11.1 Å². The van der Waals surface area contributed by atoms with Gasteiger partial charge in [0.15, 0.2) is 0 Å². The van der Waals surface area contributed by atoms with Crippen LogP contribution >= 0.6 is 0 Å². The molecule has 2 aromatic heterocycles. The average molecular weight is 293 g/mol. The molecule has 0 saturated carbocycles. The van der Waals surface area contributed by atoms with Crippen molar-refractivity contribution < 1.29 is 8.42 Å². The number of nitrogens with two attached hydrogens (primary N) is 1. The molecule has 4 N–H and O–H groups in total. The first-order valence-corrected chi connectivity index (χ1v) is 7.33. The highest BCUT2D eigenvalue weighted by molar-refractivity contribution is 7.89. The zero-order valence-electron chi connectivity index (χ0n) is 10.9. The van der Waals surface area contributed by atoms with Gasteiger partial charge in [0.2, 0.25) is 10.0 Å². The van der Waals surface area contributed by atoms with Crippen molar-refractivity contribution in [2.75, 3.05) is 5.43 Å². The number of rotatable bonds is 5. The Labute approximate surface area is 117 Å². The van der Waals surface area contributed by atoms with E-state index in [1.165, 1.54) is 18.3 Å². The lowest BCUT2D eigenvalue weighted by molar-refractivity contribution is 0.580. The molecule has 0 saturated heterocycles. The molecule has 0 spiro atoms. The molecule has 0 unspecified atom stereocenters. The summed E-state index contributed by atoms with van der Waals surface area (Å²) in [5.74, 6) is 5.57. The molecule has 0 atom stereocenters. The van der Waals surface area contributed by atoms with Crippen LogP contribution in [-0.2, 0) is 16.6 Å². The van der Waals surface area contributed by atoms with Gasteiger partial charge in [0.25, 0.3) is 0 Å². The molecule has 7 nitrogen and oxygen atoms in total. The molecule has 106 valence electrons. The quantitative estimate of drug-likeness (QED) is 0.548. The second-order valence-electron chi connectivity index (χ2n) is 4.15. The molecular formula is C12H15N5O2S. The van der Waals surface area contributed by atoms with Crippen molar-refractivity contribution in [3.8, 4) is 0 Å². The van der Waals surface area contributed by atoms with Gasteiger partial charge in [-0.3, -0.25) is 4.98 Å². The summed E-state index contributed by atoms with van der Waals surface area (Å²) in [4.78, 5) is 7.92. The molecule has 0 aliphatic rings. The minimum atomic E-state index is -3.61. The Hall–Kier alpha value is -2.03. The van der Waals surface area contributed by atoms with Crippen molar-refractivity contribution in [2.24, 2.45) is 5.84 Å². The Morgan fingerprint density at radius 2 is 2.05 bits per heavy atom. The fourth-order valence-corrected chi connectivity index (χ4v) is 2.51. The van der Waals surface area contributed by atoms with Gasteiger partial charge in [0.05, 0.1) is 0 Å². The van der Waals surface area contributed by atoms with Gasteiger partial charge in [-0.15, -0.1) is 0 Å². The first-order chi connectivity index (χ1) is 9.53. The van der Waals surface area contributed by atoms with Crippen LogP contribution in [0, 0.1) is 6.92 Å².